The lowest BCUT2D eigenvalue weighted by atomic mass is 10.4. The molecule has 0 aliphatic rings. The van der Waals surface area contributed by atoms with E-state index in [0.29, 0.717) is 0 Å². The van der Waals surface area contributed by atoms with Crippen molar-refractivity contribution in [1.29, 1.82) is 0 Å². The van der Waals surface area contributed by atoms with E-state index in [9.17, 15) is 0 Å². The number of thiophene rings is 1. The van der Waals surface area contributed by atoms with Gasteiger partial charge in [0.05, 0.1) is 17.0 Å². The van der Waals surface area contributed by atoms with Crippen LogP contribution in [0.1, 0.15) is 18.7 Å². The van der Waals surface area contributed by atoms with E-state index in [2.05, 4.69) is 33.0 Å². The average molecular weight is 336 g/mol. The van der Waals surface area contributed by atoms with Crippen LogP contribution in [0.15, 0.2) is 15.9 Å². The Hall–Kier alpha value is 0.0600. The molecule has 0 aliphatic carbocycles. The highest BCUT2D eigenvalue weighted by atomic mass is 79.9. The first-order valence-electron chi connectivity index (χ1n) is 6.38. The molecule has 0 radical (unpaired) electrons. The highest BCUT2D eigenvalue weighted by Gasteiger charge is 2.07. The minimum absolute atomic E-state index is 0.782. The van der Waals surface area contributed by atoms with Crippen LogP contribution in [-0.2, 0) is 16.0 Å². The van der Waals surface area contributed by atoms with Crippen LogP contribution in [0.3, 0.4) is 0 Å². The molecule has 1 heterocycles. The van der Waals surface area contributed by atoms with Gasteiger partial charge in [-0.2, -0.15) is 0 Å². The third kappa shape index (κ3) is 6.85. The third-order valence-electron chi connectivity index (χ3n) is 2.52. The summed E-state index contributed by atoms with van der Waals surface area (Å²) in [4.78, 5) is 3.75. The van der Waals surface area contributed by atoms with E-state index >= 15 is 0 Å². The fourth-order valence-electron chi connectivity index (χ4n) is 1.60. The summed E-state index contributed by atoms with van der Waals surface area (Å²) < 4.78 is 12.0. The summed E-state index contributed by atoms with van der Waals surface area (Å²) in [6, 6.07) is 4.27. The van der Waals surface area contributed by atoms with Crippen LogP contribution in [-0.4, -0.2) is 44.4 Å². The van der Waals surface area contributed by atoms with Gasteiger partial charge in [0.1, 0.15) is 0 Å². The van der Waals surface area contributed by atoms with Gasteiger partial charge >= 0.3 is 0 Å². The lowest BCUT2D eigenvalue weighted by Gasteiger charge is -2.21. The van der Waals surface area contributed by atoms with Crippen molar-refractivity contribution in [2.45, 2.75) is 20.4 Å². The fourth-order valence-corrected chi connectivity index (χ4v) is 3.13. The molecule has 0 bridgehead atoms. The molecule has 5 heteroatoms. The average Bonchev–Trinajstić information content (AvgIpc) is 2.75. The molecule has 1 rings (SSSR count). The van der Waals surface area contributed by atoms with Crippen molar-refractivity contribution in [3.05, 3.63) is 20.8 Å². The molecule has 3 nitrogen and oxygen atoms in total. The van der Waals surface area contributed by atoms with Gasteiger partial charge in [0.15, 0.2) is 0 Å². The highest BCUT2D eigenvalue weighted by molar-refractivity contribution is 9.11. The Kier molecular flexibility index (Phi) is 8.88. The predicted octanol–water partition coefficient (Wildman–Crippen LogP) is 3.39. The summed E-state index contributed by atoms with van der Waals surface area (Å²) in [5.41, 5.74) is 0. The van der Waals surface area contributed by atoms with Gasteiger partial charge in [0.25, 0.3) is 0 Å². The van der Waals surface area contributed by atoms with Gasteiger partial charge < -0.3 is 9.47 Å². The van der Waals surface area contributed by atoms with E-state index in [-0.39, 0.29) is 0 Å². The normalized spacial score (nSPS) is 11.3. The van der Waals surface area contributed by atoms with Crippen molar-refractivity contribution in [3.8, 4) is 0 Å². The largest absolute Gasteiger partial charge is 0.380 e. The number of halogens is 1. The second kappa shape index (κ2) is 9.92. The van der Waals surface area contributed by atoms with Crippen LogP contribution >= 0.6 is 27.3 Å². The molecular weight excluding hydrogens is 314 g/mol. The summed E-state index contributed by atoms with van der Waals surface area (Å²) in [5.74, 6) is 0. The maximum atomic E-state index is 5.42. The highest BCUT2D eigenvalue weighted by Crippen LogP contribution is 2.23. The Morgan fingerprint density at radius 1 is 1.11 bits per heavy atom. The first kappa shape index (κ1) is 16.1. The first-order valence-corrected chi connectivity index (χ1v) is 7.99. The van der Waals surface area contributed by atoms with Crippen LogP contribution in [0.4, 0.5) is 0 Å². The summed E-state index contributed by atoms with van der Waals surface area (Å²) in [7, 11) is 0. The van der Waals surface area contributed by atoms with Gasteiger partial charge in [0, 0.05) is 37.7 Å². The van der Waals surface area contributed by atoms with Crippen LogP contribution < -0.4 is 0 Å². The zero-order valence-electron chi connectivity index (χ0n) is 11.2. The molecule has 0 aliphatic heterocycles. The predicted molar refractivity (Wildman–Crippen MR) is 80.3 cm³/mol. The van der Waals surface area contributed by atoms with E-state index in [0.717, 1.165) is 46.1 Å². The van der Waals surface area contributed by atoms with Gasteiger partial charge in [-0.1, -0.05) is 0 Å². The Morgan fingerprint density at radius 2 is 1.72 bits per heavy atom. The van der Waals surface area contributed by atoms with E-state index < -0.39 is 0 Å². The maximum Gasteiger partial charge on any atom is 0.0701 e. The van der Waals surface area contributed by atoms with Crippen LogP contribution in [0, 0.1) is 0 Å². The Labute approximate surface area is 122 Å². The van der Waals surface area contributed by atoms with Gasteiger partial charge in [0.2, 0.25) is 0 Å². The number of rotatable bonds is 10. The van der Waals surface area contributed by atoms with E-state index in [4.69, 9.17) is 9.47 Å². The van der Waals surface area contributed by atoms with Gasteiger partial charge in [-0.05, 0) is 41.9 Å². The molecule has 1 aromatic heterocycles. The van der Waals surface area contributed by atoms with Crippen LogP contribution in [0.25, 0.3) is 0 Å². The first-order chi connectivity index (χ1) is 8.76. The topological polar surface area (TPSA) is 21.7 Å². The monoisotopic (exact) mass is 335 g/mol. The van der Waals surface area contributed by atoms with Gasteiger partial charge in [-0.25, -0.2) is 0 Å². The second-order valence-corrected chi connectivity index (χ2v) is 6.42. The standard InChI is InChI=1S/C13H22BrNO2S/c1-3-16-9-7-15(8-10-17-4-2)11-12-5-6-13(14)18-12/h5-6H,3-4,7-11H2,1-2H3. The molecule has 1 aromatic rings. The molecule has 0 saturated heterocycles. The summed E-state index contributed by atoms with van der Waals surface area (Å²) >= 11 is 5.29. The molecule has 0 spiro atoms. The molecule has 0 saturated carbocycles. The number of ether oxygens (including phenoxy) is 2. The molecule has 0 N–H and O–H groups in total. The molecule has 0 unspecified atom stereocenters. The van der Waals surface area contributed by atoms with Gasteiger partial charge in [-0.15, -0.1) is 11.3 Å². The molecule has 0 fully saturated rings. The number of nitrogens with zero attached hydrogens (tertiary/aromatic N) is 1. The van der Waals surface area contributed by atoms with Crippen molar-refractivity contribution in [2.24, 2.45) is 0 Å². The number of hydrogen-bond donors (Lipinski definition) is 0. The van der Waals surface area contributed by atoms with Crippen molar-refractivity contribution in [2.75, 3.05) is 39.5 Å². The summed E-state index contributed by atoms with van der Waals surface area (Å²) in [6.07, 6.45) is 0. The summed E-state index contributed by atoms with van der Waals surface area (Å²) in [6.45, 7) is 10.1. The van der Waals surface area contributed by atoms with Crippen molar-refractivity contribution in [1.82, 2.24) is 4.90 Å². The van der Waals surface area contributed by atoms with Crippen LogP contribution in [0.5, 0.6) is 0 Å². The van der Waals surface area contributed by atoms with Crippen molar-refractivity contribution < 1.29 is 9.47 Å². The molecular formula is C13H22BrNO2S. The Bertz CT molecular complexity index is 310. The summed E-state index contributed by atoms with van der Waals surface area (Å²) in [5, 5.41) is 0. The molecule has 0 aromatic carbocycles. The zero-order valence-corrected chi connectivity index (χ0v) is 13.6. The zero-order chi connectivity index (χ0) is 13.2. The van der Waals surface area contributed by atoms with Crippen LogP contribution in [0.2, 0.25) is 0 Å². The number of hydrogen-bond acceptors (Lipinski definition) is 4. The maximum absolute atomic E-state index is 5.42. The quantitative estimate of drug-likeness (QED) is 0.612. The second-order valence-electron chi connectivity index (χ2n) is 3.88. The lowest BCUT2D eigenvalue weighted by Crippen LogP contribution is -2.30. The Balaban J connectivity index is 2.37. The van der Waals surface area contributed by atoms with E-state index in [1.807, 2.05) is 13.8 Å². The Morgan fingerprint density at radius 3 is 2.17 bits per heavy atom. The van der Waals surface area contributed by atoms with Crippen molar-refractivity contribution >= 4 is 27.3 Å². The molecule has 0 atom stereocenters. The lowest BCUT2D eigenvalue weighted by molar-refractivity contribution is 0.0802. The fraction of sp³-hybridized carbons (Fsp3) is 0.692. The SMILES string of the molecule is CCOCCN(CCOCC)Cc1ccc(Br)s1. The molecule has 104 valence electrons. The minimum atomic E-state index is 0.782. The van der Waals surface area contributed by atoms with E-state index in [1.165, 1.54) is 8.66 Å². The van der Waals surface area contributed by atoms with E-state index in [1.54, 1.807) is 11.3 Å². The molecule has 0 amide bonds. The molecule has 18 heavy (non-hydrogen) atoms. The van der Waals surface area contributed by atoms with Gasteiger partial charge in [-0.3, -0.25) is 4.90 Å². The smallest absolute Gasteiger partial charge is 0.0701 e. The third-order valence-corrected chi connectivity index (χ3v) is 4.13. The minimum Gasteiger partial charge on any atom is -0.380 e. The van der Waals surface area contributed by atoms with Crippen molar-refractivity contribution in [3.63, 3.8) is 0 Å².